The second-order valence-electron chi connectivity index (χ2n) is 11.2. The molecular weight excluding hydrogens is 432 g/mol. The zero-order chi connectivity index (χ0) is 23.9. The lowest BCUT2D eigenvalue weighted by Gasteiger charge is -2.55. The highest BCUT2D eigenvalue weighted by Crippen LogP contribution is 2.55. The maximum Gasteiger partial charge on any atom is 0.350 e. The van der Waals surface area contributed by atoms with Gasteiger partial charge in [0.2, 0.25) is 0 Å². The number of aliphatic hydroxyl groups excluding tert-OH is 2. The Bertz CT molecular complexity index is 696. The zero-order valence-corrected chi connectivity index (χ0v) is 21.4. The van der Waals surface area contributed by atoms with E-state index in [2.05, 4.69) is 41.5 Å². The van der Waals surface area contributed by atoms with E-state index in [9.17, 15) is 15.0 Å². The Balaban J connectivity index is 1.87. The molecule has 8 nitrogen and oxygen atoms in total. The molecule has 2 saturated heterocycles. The van der Waals surface area contributed by atoms with Crippen LogP contribution in [0, 0.1) is 5.92 Å². The summed E-state index contributed by atoms with van der Waals surface area (Å²) in [5, 5.41) is 19.6. The lowest BCUT2D eigenvalue weighted by Crippen LogP contribution is -2.66. The Morgan fingerprint density at radius 3 is 2.44 bits per heavy atom. The number of esters is 1. The fourth-order valence-electron chi connectivity index (χ4n) is 5.42. The van der Waals surface area contributed by atoms with Gasteiger partial charge in [0, 0.05) is 23.6 Å². The van der Waals surface area contributed by atoms with E-state index in [1.807, 2.05) is 6.08 Å². The van der Waals surface area contributed by atoms with Gasteiger partial charge in [0.25, 0.3) is 0 Å². The van der Waals surface area contributed by atoms with Crippen molar-refractivity contribution in [1.82, 2.24) is 0 Å². The molecule has 6 atom stereocenters. The van der Waals surface area contributed by atoms with E-state index in [1.165, 1.54) is 6.92 Å². The van der Waals surface area contributed by atoms with Crippen molar-refractivity contribution in [3.8, 4) is 0 Å². The van der Waals surface area contributed by atoms with E-state index in [0.29, 0.717) is 31.8 Å². The van der Waals surface area contributed by atoms with E-state index >= 15 is 0 Å². The summed E-state index contributed by atoms with van der Waals surface area (Å²) >= 11 is 0. The normalized spacial score (nSPS) is 35.6. The molecule has 3 rings (SSSR count). The van der Waals surface area contributed by atoms with Gasteiger partial charge < -0.3 is 33.3 Å². The number of aliphatic hydroxyl groups is 2. The van der Waals surface area contributed by atoms with Crippen LogP contribution in [0.2, 0.25) is 10.1 Å². The summed E-state index contributed by atoms with van der Waals surface area (Å²) in [6, 6.07) is 0. The first kappa shape index (κ1) is 25.8. The molecule has 3 heterocycles. The van der Waals surface area contributed by atoms with Crippen LogP contribution >= 0.6 is 0 Å². The quantitative estimate of drug-likeness (QED) is 0.476. The van der Waals surface area contributed by atoms with Gasteiger partial charge in [-0.3, -0.25) is 4.79 Å². The van der Waals surface area contributed by atoms with Gasteiger partial charge in [0.05, 0.1) is 25.4 Å². The maximum absolute atomic E-state index is 11.9. The molecule has 9 heteroatoms. The van der Waals surface area contributed by atoms with Gasteiger partial charge in [-0.2, -0.15) is 0 Å². The molecule has 0 spiro atoms. The average Bonchev–Trinajstić information content (AvgIpc) is 2.67. The van der Waals surface area contributed by atoms with Gasteiger partial charge in [0.15, 0.2) is 0 Å². The monoisotopic (exact) mass is 472 g/mol. The summed E-state index contributed by atoms with van der Waals surface area (Å²) in [5.74, 6) is -0.0380. The Morgan fingerprint density at radius 2 is 1.88 bits per heavy atom. The average molecular weight is 473 g/mol. The Hall–Kier alpha value is -0.813. The van der Waals surface area contributed by atoms with Gasteiger partial charge in [-0.1, -0.05) is 41.5 Å². The topological polar surface area (TPSA) is 104 Å². The van der Waals surface area contributed by atoms with Gasteiger partial charge in [-0.25, -0.2) is 0 Å². The Morgan fingerprint density at radius 1 is 1.22 bits per heavy atom. The minimum Gasteiger partial charge on any atom is -0.429 e. The van der Waals surface area contributed by atoms with Crippen molar-refractivity contribution in [2.75, 3.05) is 19.8 Å². The maximum atomic E-state index is 11.9. The molecule has 2 N–H and O–H groups in total. The van der Waals surface area contributed by atoms with Crippen LogP contribution in [0.25, 0.3) is 0 Å². The molecule has 3 aliphatic heterocycles. The van der Waals surface area contributed by atoms with Crippen LogP contribution in [-0.4, -0.2) is 75.1 Å². The minimum atomic E-state index is -2.77. The van der Waals surface area contributed by atoms with Gasteiger partial charge >= 0.3 is 14.5 Å². The van der Waals surface area contributed by atoms with Crippen molar-refractivity contribution in [3.05, 3.63) is 11.8 Å². The first-order valence-corrected chi connectivity index (χ1v) is 13.4. The summed E-state index contributed by atoms with van der Waals surface area (Å²) in [6.45, 7) is 14.8. The van der Waals surface area contributed by atoms with Gasteiger partial charge in [-0.05, 0) is 24.8 Å². The predicted molar refractivity (Wildman–Crippen MR) is 120 cm³/mol. The molecule has 0 bridgehead atoms. The summed E-state index contributed by atoms with van der Waals surface area (Å²) < 4.78 is 30.7. The fraction of sp³-hybridized carbons (Fsp3) is 0.870. The summed E-state index contributed by atoms with van der Waals surface area (Å²) in [6.07, 6.45) is 0.349. The molecule has 0 aromatic rings. The molecule has 0 aliphatic carbocycles. The number of carbonyl (C=O) groups is 1. The van der Waals surface area contributed by atoms with Crippen LogP contribution in [0.15, 0.2) is 11.8 Å². The highest BCUT2D eigenvalue weighted by atomic mass is 28.4. The third-order valence-corrected chi connectivity index (χ3v) is 11.8. The molecule has 0 amide bonds. The number of ether oxygens (including phenoxy) is 3. The van der Waals surface area contributed by atoms with Crippen LogP contribution in [0.3, 0.4) is 0 Å². The molecular formula is C23H40O8Si. The number of rotatable bonds is 4. The van der Waals surface area contributed by atoms with Crippen molar-refractivity contribution in [1.29, 1.82) is 0 Å². The van der Waals surface area contributed by atoms with E-state index in [1.54, 1.807) is 0 Å². The predicted octanol–water partition coefficient (Wildman–Crippen LogP) is 2.81. The highest BCUT2D eigenvalue weighted by Gasteiger charge is 2.63. The van der Waals surface area contributed by atoms with Crippen molar-refractivity contribution < 1.29 is 38.1 Å². The van der Waals surface area contributed by atoms with Crippen LogP contribution in [0.4, 0.5) is 0 Å². The third kappa shape index (κ3) is 4.99. The van der Waals surface area contributed by atoms with E-state index in [4.69, 9.17) is 23.1 Å². The zero-order valence-electron chi connectivity index (χ0n) is 20.4. The number of hydrogen-bond acceptors (Lipinski definition) is 8. The molecule has 1 unspecified atom stereocenters. The van der Waals surface area contributed by atoms with Gasteiger partial charge in [-0.15, -0.1) is 0 Å². The third-order valence-electron chi connectivity index (χ3n) is 6.70. The molecule has 184 valence electrons. The lowest BCUT2D eigenvalue weighted by molar-refractivity contribution is -0.162. The summed E-state index contributed by atoms with van der Waals surface area (Å²) in [4.78, 5) is 11.9. The Labute approximate surface area is 192 Å². The van der Waals surface area contributed by atoms with Crippen LogP contribution in [0.5, 0.6) is 0 Å². The molecule has 0 saturated carbocycles. The molecule has 3 aliphatic rings. The molecule has 0 radical (unpaired) electrons. The number of fused-ring (bicyclic) bond motifs is 1. The second-order valence-corrected chi connectivity index (χ2v) is 16.0. The Kier molecular flexibility index (Phi) is 7.61. The summed E-state index contributed by atoms with van der Waals surface area (Å²) in [7, 11) is -2.77. The van der Waals surface area contributed by atoms with Crippen molar-refractivity contribution >= 4 is 14.5 Å². The lowest BCUT2D eigenvalue weighted by atomic mass is 9.86. The fourth-order valence-corrected chi connectivity index (χ4v) is 10.3. The second kappa shape index (κ2) is 9.44. The van der Waals surface area contributed by atoms with Crippen LogP contribution in [-0.2, 0) is 27.9 Å². The van der Waals surface area contributed by atoms with E-state index < -0.39 is 38.9 Å². The smallest absolute Gasteiger partial charge is 0.350 e. The molecule has 0 aromatic carbocycles. The minimum absolute atomic E-state index is 0.0969. The van der Waals surface area contributed by atoms with Crippen molar-refractivity contribution in [2.24, 2.45) is 5.92 Å². The standard InChI is InChI=1S/C23H40O8Si/c1-14(25)29-17-11-16(10-15-8-9-27-18(12-24)20(15)26)30-19-13-28-32(22(2,3)4,23(5,6)7)31-21(17)19/h11,15-16,18-21,24,26H,8-10,12-13H2,1-7H3/t15?,16-,18+,19+,20-,21-/m0/s1. The van der Waals surface area contributed by atoms with E-state index in [0.717, 1.165) is 0 Å². The molecule has 2 fully saturated rings. The largest absolute Gasteiger partial charge is 0.429 e. The van der Waals surface area contributed by atoms with Crippen LogP contribution in [0.1, 0.15) is 61.3 Å². The number of carbonyl (C=O) groups excluding carboxylic acids is 1. The van der Waals surface area contributed by atoms with Crippen molar-refractivity contribution in [2.45, 2.75) is 102 Å². The van der Waals surface area contributed by atoms with Gasteiger partial charge in [0.1, 0.15) is 24.1 Å². The first-order chi connectivity index (χ1) is 14.8. The number of hydrogen-bond donors (Lipinski definition) is 2. The SMILES string of the molecule is CC(=O)OC1=C[C@H](CC2CCO[C@H](CO)[C@H]2O)O[C@@H]2CO[Si](C(C)(C)C)(C(C)(C)C)O[C@@H]12. The first-order valence-electron chi connectivity index (χ1n) is 11.6. The van der Waals surface area contributed by atoms with Crippen molar-refractivity contribution in [3.63, 3.8) is 0 Å². The molecule has 0 aromatic heterocycles. The van der Waals surface area contributed by atoms with E-state index in [-0.39, 0.29) is 28.7 Å². The highest BCUT2D eigenvalue weighted by molar-refractivity contribution is 6.73. The van der Waals surface area contributed by atoms with Crippen LogP contribution < -0.4 is 0 Å². The summed E-state index contributed by atoms with van der Waals surface area (Å²) in [5.41, 5.74) is 0. The molecule has 32 heavy (non-hydrogen) atoms.